The number of ether oxygens (including phenoxy) is 1. The maximum absolute atomic E-state index is 11.5. The fraction of sp³-hybridized carbons (Fsp3) is 0.462. The highest BCUT2D eigenvalue weighted by atomic mass is 16.5. The quantitative estimate of drug-likeness (QED) is 0.735. The molecule has 4 rings (SSSR count). The van der Waals surface area contributed by atoms with Gasteiger partial charge in [0, 0.05) is 17.8 Å². The van der Waals surface area contributed by atoms with Crippen LogP contribution in [0.15, 0.2) is 24.3 Å². The lowest BCUT2D eigenvalue weighted by atomic mass is 9.65. The summed E-state index contributed by atoms with van der Waals surface area (Å²) in [5.74, 6) is 1.71. The van der Waals surface area contributed by atoms with Crippen LogP contribution in [0.25, 0.3) is 0 Å². The Bertz CT molecular complexity index is 416. The molecule has 0 atom stereocenters. The van der Waals surface area contributed by atoms with E-state index in [1.165, 1.54) is 5.56 Å². The number of rotatable bonds is 2. The highest BCUT2D eigenvalue weighted by Gasteiger charge is 2.56. The van der Waals surface area contributed by atoms with Crippen molar-refractivity contribution in [3.63, 3.8) is 0 Å². The minimum Gasteiger partial charge on any atom is -0.497 e. The van der Waals surface area contributed by atoms with Gasteiger partial charge in [0.05, 0.1) is 7.11 Å². The Morgan fingerprint density at radius 3 is 2.80 bits per heavy atom. The Kier molecular flexibility index (Phi) is 1.70. The van der Waals surface area contributed by atoms with Gasteiger partial charge < -0.3 is 4.74 Å². The van der Waals surface area contributed by atoms with Crippen LogP contribution in [0.5, 0.6) is 5.75 Å². The van der Waals surface area contributed by atoms with Crippen LogP contribution >= 0.6 is 0 Å². The number of carbonyl (C=O) groups is 1. The molecule has 0 saturated heterocycles. The molecule has 3 aliphatic rings. The van der Waals surface area contributed by atoms with Gasteiger partial charge in [-0.3, -0.25) is 4.79 Å². The van der Waals surface area contributed by atoms with E-state index in [0.29, 0.717) is 11.7 Å². The average molecular weight is 202 g/mol. The van der Waals surface area contributed by atoms with Crippen molar-refractivity contribution in [2.75, 3.05) is 7.11 Å². The molecule has 0 aromatic heterocycles. The van der Waals surface area contributed by atoms with Gasteiger partial charge in [0.2, 0.25) is 0 Å². The van der Waals surface area contributed by atoms with E-state index in [1.54, 1.807) is 7.11 Å². The van der Waals surface area contributed by atoms with Crippen molar-refractivity contribution >= 4 is 5.78 Å². The lowest BCUT2D eigenvalue weighted by Crippen LogP contribution is -2.32. The Morgan fingerprint density at radius 2 is 2.20 bits per heavy atom. The van der Waals surface area contributed by atoms with Crippen molar-refractivity contribution in [1.29, 1.82) is 0 Å². The van der Waals surface area contributed by atoms with Gasteiger partial charge in [-0.2, -0.15) is 0 Å². The minimum atomic E-state index is 0.163. The summed E-state index contributed by atoms with van der Waals surface area (Å²) in [4.78, 5) is 11.5. The van der Waals surface area contributed by atoms with Crippen LogP contribution in [-0.2, 0) is 10.2 Å². The molecule has 15 heavy (non-hydrogen) atoms. The molecule has 2 nitrogen and oxygen atoms in total. The third-order valence-corrected chi connectivity index (χ3v) is 3.92. The Balaban J connectivity index is 1.97. The minimum absolute atomic E-state index is 0.163. The standard InChI is InChI=1S/C13H14O2/c1-15-11-4-2-3-10(5-11)13-6-9(7-13)12(14)8-13/h2-5,9H,6-8H2,1H3. The van der Waals surface area contributed by atoms with Gasteiger partial charge in [-0.25, -0.2) is 0 Å². The molecule has 3 aliphatic carbocycles. The summed E-state index contributed by atoms with van der Waals surface area (Å²) in [5, 5.41) is 0. The van der Waals surface area contributed by atoms with Gasteiger partial charge in [0.25, 0.3) is 0 Å². The molecular formula is C13H14O2. The summed E-state index contributed by atoms with van der Waals surface area (Å²) < 4.78 is 5.22. The van der Waals surface area contributed by atoms with Crippen LogP contribution in [0, 0.1) is 5.92 Å². The lowest BCUT2D eigenvalue weighted by molar-refractivity contribution is -0.119. The molecule has 0 spiro atoms. The summed E-state index contributed by atoms with van der Waals surface area (Å²) in [6, 6.07) is 8.16. The molecule has 3 saturated carbocycles. The van der Waals surface area contributed by atoms with Crippen molar-refractivity contribution < 1.29 is 9.53 Å². The molecule has 2 bridgehead atoms. The third kappa shape index (κ3) is 1.14. The maximum atomic E-state index is 11.5. The van der Waals surface area contributed by atoms with E-state index < -0.39 is 0 Å². The molecule has 1 aromatic carbocycles. The normalized spacial score (nSPS) is 32.6. The third-order valence-electron chi connectivity index (χ3n) is 3.92. The van der Waals surface area contributed by atoms with Gasteiger partial charge in [0.15, 0.2) is 0 Å². The zero-order valence-electron chi connectivity index (χ0n) is 8.82. The summed E-state index contributed by atoms with van der Waals surface area (Å²) in [7, 11) is 1.68. The molecular weight excluding hydrogens is 188 g/mol. The predicted molar refractivity (Wildman–Crippen MR) is 57.0 cm³/mol. The molecule has 0 unspecified atom stereocenters. The van der Waals surface area contributed by atoms with E-state index in [4.69, 9.17) is 4.74 Å². The monoisotopic (exact) mass is 202 g/mol. The Hall–Kier alpha value is -1.31. The fourth-order valence-electron chi connectivity index (χ4n) is 3.02. The molecule has 0 aliphatic heterocycles. The average Bonchev–Trinajstić information content (AvgIpc) is 2.70. The van der Waals surface area contributed by atoms with Crippen LogP contribution < -0.4 is 4.74 Å². The highest BCUT2D eigenvalue weighted by molar-refractivity contribution is 5.89. The van der Waals surface area contributed by atoms with Crippen molar-refractivity contribution in [3.05, 3.63) is 29.8 Å². The van der Waals surface area contributed by atoms with Gasteiger partial charge in [-0.15, -0.1) is 0 Å². The molecule has 0 heterocycles. The van der Waals surface area contributed by atoms with E-state index >= 15 is 0 Å². The molecule has 0 radical (unpaired) electrons. The number of Topliss-reactive ketones (excluding diaryl/α,β-unsaturated/α-hetero) is 1. The van der Waals surface area contributed by atoms with Crippen LogP contribution in [-0.4, -0.2) is 12.9 Å². The number of methoxy groups -OCH3 is 1. The first kappa shape index (κ1) is 8.96. The smallest absolute Gasteiger partial charge is 0.136 e. The molecule has 1 aromatic rings. The Morgan fingerprint density at radius 1 is 1.40 bits per heavy atom. The van der Waals surface area contributed by atoms with E-state index in [2.05, 4.69) is 12.1 Å². The number of carbonyl (C=O) groups excluding carboxylic acids is 1. The molecule has 2 heteroatoms. The second-order valence-corrected chi connectivity index (χ2v) is 4.76. The van der Waals surface area contributed by atoms with Crippen molar-refractivity contribution in [2.45, 2.75) is 24.7 Å². The molecule has 0 amide bonds. The first-order chi connectivity index (χ1) is 7.23. The fourth-order valence-corrected chi connectivity index (χ4v) is 3.02. The maximum Gasteiger partial charge on any atom is 0.136 e. The number of ketones is 1. The molecule has 0 N–H and O–H groups in total. The topological polar surface area (TPSA) is 26.3 Å². The zero-order chi connectivity index (χ0) is 10.5. The second kappa shape index (κ2) is 2.84. The van der Waals surface area contributed by atoms with Crippen LogP contribution in [0.1, 0.15) is 24.8 Å². The van der Waals surface area contributed by atoms with E-state index in [-0.39, 0.29) is 5.41 Å². The van der Waals surface area contributed by atoms with Crippen LogP contribution in [0.3, 0.4) is 0 Å². The second-order valence-electron chi connectivity index (χ2n) is 4.76. The zero-order valence-corrected chi connectivity index (χ0v) is 8.82. The summed E-state index contributed by atoms with van der Waals surface area (Å²) in [6.07, 6.45) is 2.85. The van der Waals surface area contributed by atoms with Gasteiger partial charge in [0.1, 0.15) is 11.5 Å². The SMILES string of the molecule is COc1cccc(C23CC(=O)C(C2)C3)c1. The first-order valence-electron chi connectivity index (χ1n) is 5.41. The van der Waals surface area contributed by atoms with Crippen LogP contribution in [0.4, 0.5) is 0 Å². The van der Waals surface area contributed by atoms with Gasteiger partial charge in [-0.05, 0) is 30.5 Å². The summed E-state index contributed by atoms with van der Waals surface area (Å²) in [5.41, 5.74) is 1.44. The number of benzene rings is 1. The van der Waals surface area contributed by atoms with E-state index in [9.17, 15) is 4.79 Å². The number of hydrogen-bond donors (Lipinski definition) is 0. The summed E-state index contributed by atoms with van der Waals surface area (Å²) in [6.45, 7) is 0. The number of fused-ring (bicyclic) bond motifs is 1. The highest BCUT2D eigenvalue weighted by Crippen LogP contribution is 2.58. The predicted octanol–water partition coefficient (Wildman–Crippen LogP) is 2.32. The first-order valence-corrected chi connectivity index (χ1v) is 5.41. The van der Waals surface area contributed by atoms with E-state index in [1.807, 2.05) is 12.1 Å². The van der Waals surface area contributed by atoms with Crippen molar-refractivity contribution in [1.82, 2.24) is 0 Å². The number of hydrogen-bond acceptors (Lipinski definition) is 2. The largest absolute Gasteiger partial charge is 0.497 e. The van der Waals surface area contributed by atoms with Gasteiger partial charge in [-0.1, -0.05) is 12.1 Å². The van der Waals surface area contributed by atoms with Gasteiger partial charge >= 0.3 is 0 Å². The Labute approximate surface area is 89.2 Å². The lowest BCUT2D eigenvalue weighted by Gasteiger charge is -2.37. The van der Waals surface area contributed by atoms with Crippen LogP contribution in [0.2, 0.25) is 0 Å². The molecule has 3 fully saturated rings. The van der Waals surface area contributed by atoms with Crippen molar-refractivity contribution in [3.8, 4) is 5.75 Å². The summed E-state index contributed by atoms with van der Waals surface area (Å²) >= 11 is 0. The van der Waals surface area contributed by atoms with Crippen molar-refractivity contribution in [2.24, 2.45) is 5.92 Å². The molecule has 78 valence electrons. The van der Waals surface area contributed by atoms with E-state index in [0.717, 1.165) is 25.0 Å².